The summed E-state index contributed by atoms with van der Waals surface area (Å²) < 4.78 is 11.5. The van der Waals surface area contributed by atoms with Crippen LogP contribution in [0.3, 0.4) is 0 Å². The van der Waals surface area contributed by atoms with Gasteiger partial charge in [0.05, 0.1) is 5.38 Å². The zero-order valence-electron chi connectivity index (χ0n) is 7.01. The lowest BCUT2D eigenvalue weighted by Crippen LogP contribution is -1.94. The van der Waals surface area contributed by atoms with Gasteiger partial charge in [0.2, 0.25) is 6.79 Å². The highest BCUT2D eigenvalue weighted by atomic mass is 79.9. The molecule has 13 heavy (non-hydrogen) atoms. The molecule has 1 aromatic rings. The molecular weight excluding hydrogens is 255 g/mol. The zero-order valence-corrected chi connectivity index (χ0v) is 9.35. The first-order chi connectivity index (χ1) is 6.18. The molecule has 1 atom stereocenters. The highest BCUT2D eigenvalue weighted by Gasteiger charge is 2.20. The van der Waals surface area contributed by atoms with Crippen molar-refractivity contribution in [3.63, 3.8) is 0 Å². The van der Waals surface area contributed by atoms with Crippen LogP contribution < -0.4 is 9.47 Å². The monoisotopic (exact) mass is 262 g/mol. The van der Waals surface area contributed by atoms with Crippen molar-refractivity contribution in [2.24, 2.45) is 0 Å². The van der Waals surface area contributed by atoms with Crippen molar-refractivity contribution < 1.29 is 9.47 Å². The summed E-state index contributed by atoms with van der Waals surface area (Å²) in [5.74, 6) is 1.53. The van der Waals surface area contributed by atoms with E-state index in [-0.39, 0.29) is 12.2 Å². The molecule has 1 aromatic carbocycles. The normalized spacial score (nSPS) is 15.9. The molecule has 0 saturated heterocycles. The topological polar surface area (TPSA) is 18.5 Å². The van der Waals surface area contributed by atoms with Gasteiger partial charge in [-0.1, -0.05) is 15.9 Å². The van der Waals surface area contributed by atoms with Gasteiger partial charge in [-0.3, -0.25) is 0 Å². The Bertz CT molecular complexity index is 339. The van der Waals surface area contributed by atoms with E-state index in [2.05, 4.69) is 15.9 Å². The van der Waals surface area contributed by atoms with Crippen molar-refractivity contribution in [2.45, 2.75) is 12.3 Å². The first-order valence-corrected chi connectivity index (χ1v) is 5.14. The SMILES string of the molecule is CC(Cl)c1cc(Br)cc2c1OCO2. The third kappa shape index (κ3) is 1.63. The first kappa shape index (κ1) is 9.16. The largest absolute Gasteiger partial charge is 0.454 e. The molecule has 4 heteroatoms. The number of hydrogen-bond donors (Lipinski definition) is 0. The summed E-state index contributed by atoms with van der Waals surface area (Å²) in [7, 11) is 0. The predicted molar refractivity (Wildman–Crippen MR) is 54.5 cm³/mol. The van der Waals surface area contributed by atoms with Crippen molar-refractivity contribution in [1.29, 1.82) is 0 Å². The molecule has 0 aliphatic carbocycles. The van der Waals surface area contributed by atoms with Gasteiger partial charge in [0.25, 0.3) is 0 Å². The summed E-state index contributed by atoms with van der Waals surface area (Å²) in [6, 6.07) is 3.83. The maximum atomic E-state index is 6.00. The molecule has 0 bridgehead atoms. The molecule has 1 aliphatic rings. The molecule has 0 radical (unpaired) electrons. The Labute approximate surface area is 89.9 Å². The van der Waals surface area contributed by atoms with Gasteiger partial charge in [-0.25, -0.2) is 0 Å². The van der Waals surface area contributed by atoms with Crippen molar-refractivity contribution >= 4 is 27.5 Å². The van der Waals surface area contributed by atoms with Crippen LogP contribution in [0.25, 0.3) is 0 Å². The van der Waals surface area contributed by atoms with E-state index in [1.165, 1.54) is 0 Å². The quantitative estimate of drug-likeness (QED) is 0.722. The number of hydrogen-bond acceptors (Lipinski definition) is 2. The third-order valence-corrected chi connectivity index (χ3v) is 2.59. The maximum Gasteiger partial charge on any atom is 0.231 e. The van der Waals surface area contributed by atoms with Crippen LogP contribution in [0.5, 0.6) is 11.5 Å². The van der Waals surface area contributed by atoms with Gasteiger partial charge in [-0.05, 0) is 19.1 Å². The van der Waals surface area contributed by atoms with Crippen LogP contribution in [0.2, 0.25) is 0 Å². The van der Waals surface area contributed by atoms with Gasteiger partial charge in [0, 0.05) is 10.0 Å². The predicted octanol–water partition coefficient (Wildman–Crippen LogP) is 3.48. The second-order valence-corrected chi connectivity index (χ2v) is 4.42. The van der Waals surface area contributed by atoms with Crippen molar-refractivity contribution in [3.05, 3.63) is 22.2 Å². The molecule has 0 N–H and O–H groups in total. The lowest BCUT2D eigenvalue weighted by Gasteiger charge is -2.07. The number of fused-ring (bicyclic) bond motifs is 1. The van der Waals surface area contributed by atoms with E-state index in [0.717, 1.165) is 21.5 Å². The Morgan fingerprint density at radius 2 is 2.23 bits per heavy atom. The summed E-state index contributed by atoms with van der Waals surface area (Å²) in [5, 5.41) is -0.0760. The zero-order chi connectivity index (χ0) is 9.42. The maximum absolute atomic E-state index is 6.00. The van der Waals surface area contributed by atoms with E-state index in [1.54, 1.807) is 0 Å². The van der Waals surface area contributed by atoms with Crippen LogP contribution in [-0.4, -0.2) is 6.79 Å². The summed E-state index contributed by atoms with van der Waals surface area (Å²) in [4.78, 5) is 0. The van der Waals surface area contributed by atoms with Crippen LogP contribution in [-0.2, 0) is 0 Å². The van der Waals surface area contributed by atoms with Gasteiger partial charge in [-0.15, -0.1) is 11.6 Å². The summed E-state index contributed by atoms with van der Waals surface area (Å²) in [5.41, 5.74) is 0.962. The molecular formula is C9H8BrClO2. The van der Waals surface area contributed by atoms with Gasteiger partial charge in [0.1, 0.15) is 0 Å². The number of rotatable bonds is 1. The summed E-state index contributed by atoms with van der Waals surface area (Å²) >= 11 is 9.39. The van der Waals surface area contributed by atoms with Crippen LogP contribution in [0.1, 0.15) is 17.9 Å². The Hall–Kier alpha value is -0.410. The van der Waals surface area contributed by atoms with Crippen molar-refractivity contribution in [1.82, 2.24) is 0 Å². The van der Waals surface area contributed by atoms with Gasteiger partial charge >= 0.3 is 0 Å². The summed E-state index contributed by atoms with van der Waals surface area (Å²) in [6.45, 7) is 2.19. The number of benzene rings is 1. The van der Waals surface area contributed by atoms with Gasteiger partial charge in [0.15, 0.2) is 11.5 Å². The number of halogens is 2. The van der Waals surface area contributed by atoms with Crippen LogP contribution in [0.4, 0.5) is 0 Å². The van der Waals surface area contributed by atoms with E-state index in [4.69, 9.17) is 21.1 Å². The highest BCUT2D eigenvalue weighted by molar-refractivity contribution is 9.10. The Morgan fingerprint density at radius 1 is 1.46 bits per heavy atom. The van der Waals surface area contributed by atoms with E-state index in [0.29, 0.717) is 0 Å². The van der Waals surface area contributed by atoms with Gasteiger partial charge in [-0.2, -0.15) is 0 Å². The second-order valence-electron chi connectivity index (χ2n) is 2.84. The summed E-state index contributed by atoms with van der Waals surface area (Å²) in [6.07, 6.45) is 0. The van der Waals surface area contributed by atoms with Gasteiger partial charge < -0.3 is 9.47 Å². The fraction of sp³-hybridized carbons (Fsp3) is 0.333. The lowest BCUT2D eigenvalue weighted by atomic mass is 10.1. The van der Waals surface area contributed by atoms with Crippen LogP contribution in [0.15, 0.2) is 16.6 Å². The molecule has 0 saturated carbocycles. The molecule has 0 spiro atoms. The standard InChI is InChI=1S/C9H8BrClO2/c1-5(11)7-2-6(10)3-8-9(7)13-4-12-8/h2-3,5H,4H2,1H3. The number of alkyl halides is 1. The molecule has 1 aliphatic heterocycles. The van der Waals surface area contributed by atoms with Crippen molar-refractivity contribution in [2.75, 3.05) is 6.79 Å². The fourth-order valence-electron chi connectivity index (χ4n) is 1.30. The first-order valence-electron chi connectivity index (χ1n) is 3.91. The van der Waals surface area contributed by atoms with Crippen LogP contribution in [0, 0.1) is 0 Å². The third-order valence-electron chi connectivity index (χ3n) is 1.89. The van der Waals surface area contributed by atoms with Crippen LogP contribution >= 0.6 is 27.5 Å². The average Bonchev–Trinajstić information content (AvgIpc) is 2.49. The van der Waals surface area contributed by atoms with E-state index in [9.17, 15) is 0 Å². The Kier molecular flexibility index (Phi) is 2.39. The Balaban J connectivity index is 2.55. The molecule has 0 aromatic heterocycles. The second kappa shape index (κ2) is 3.39. The minimum atomic E-state index is -0.0760. The van der Waals surface area contributed by atoms with E-state index in [1.807, 2.05) is 19.1 Å². The fourth-order valence-corrected chi connectivity index (χ4v) is 1.91. The van der Waals surface area contributed by atoms with E-state index >= 15 is 0 Å². The molecule has 2 rings (SSSR count). The number of ether oxygens (including phenoxy) is 2. The lowest BCUT2D eigenvalue weighted by molar-refractivity contribution is 0.173. The smallest absolute Gasteiger partial charge is 0.231 e. The average molecular weight is 264 g/mol. The molecule has 1 unspecified atom stereocenters. The highest BCUT2D eigenvalue weighted by Crippen LogP contribution is 2.42. The molecule has 1 heterocycles. The molecule has 70 valence electrons. The van der Waals surface area contributed by atoms with Crippen molar-refractivity contribution in [3.8, 4) is 11.5 Å². The molecule has 0 fully saturated rings. The molecule has 0 amide bonds. The molecule has 2 nitrogen and oxygen atoms in total. The van der Waals surface area contributed by atoms with E-state index < -0.39 is 0 Å². The Morgan fingerprint density at radius 3 is 2.92 bits per heavy atom. The minimum Gasteiger partial charge on any atom is -0.454 e. The minimum absolute atomic E-state index is 0.0760.